The minimum atomic E-state index is -4.35. The molecule has 16 heavy (non-hydrogen) atoms. The van der Waals surface area contributed by atoms with Gasteiger partial charge in [0.2, 0.25) is 0 Å². The Morgan fingerprint density at radius 1 is 1.50 bits per heavy atom. The lowest BCUT2D eigenvalue weighted by atomic mass is 10.3. The van der Waals surface area contributed by atoms with Crippen LogP contribution in [0.2, 0.25) is 5.02 Å². The summed E-state index contributed by atoms with van der Waals surface area (Å²) in [5.74, 6) is 0. The van der Waals surface area contributed by atoms with Gasteiger partial charge in [-0.15, -0.1) is 0 Å². The quantitative estimate of drug-likeness (QED) is 0.653. The van der Waals surface area contributed by atoms with Gasteiger partial charge in [0, 0.05) is 12.7 Å². The van der Waals surface area contributed by atoms with Crippen molar-refractivity contribution in [2.24, 2.45) is 0 Å². The number of halogens is 1. The number of aldehydes is 1. The van der Waals surface area contributed by atoms with Crippen molar-refractivity contribution in [1.29, 1.82) is 0 Å². The molecule has 1 aromatic carbocycles. The van der Waals surface area contributed by atoms with Gasteiger partial charge in [-0.05, 0) is 18.2 Å². The number of hydrogen-bond donors (Lipinski definition) is 1. The molecule has 1 rings (SSSR count). The molecular formula is C9H10ClNO4S. The van der Waals surface area contributed by atoms with Gasteiger partial charge in [0.1, 0.15) is 11.2 Å². The average molecular weight is 264 g/mol. The first-order valence-corrected chi connectivity index (χ1v) is 6.10. The summed E-state index contributed by atoms with van der Waals surface area (Å²) < 4.78 is 30.8. The van der Waals surface area contributed by atoms with Gasteiger partial charge in [-0.3, -0.25) is 4.55 Å². The van der Waals surface area contributed by atoms with Crippen LogP contribution in [0.5, 0.6) is 0 Å². The number of hydrogen-bond acceptors (Lipinski definition) is 4. The molecule has 0 saturated carbocycles. The maximum absolute atomic E-state index is 11.0. The Labute approximate surface area is 98.4 Å². The third kappa shape index (κ3) is 2.94. The van der Waals surface area contributed by atoms with Crippen LogP contribution in [0.15, 0.2) is 23.1 Å². The van der Waals surface area contributed by atoms with Gasteiger partial charge in [-0.2, -0.15) is 8.42 Å². The Hall–Kier alpha value is -1.11. The van der Waals surface area contributed by atoms with E-state index in [2.05, 4.69) is 0 Å². The molecule has 0 bridgehead atoms. The van der Waals surface area contributed by atoms with E-state index in [4.69, 9.17) is 16.2 Å². The van der Waals surface area contributed by atoms with Crippen molar-refractivity contribution < 1.29 is 17.8 Å². The van der Waals surface area contributed by atoms with Crippen LogP contribution in [-0.4, -0.2) is 32.8 Å². The van der Waals surface area contributed by atoms with Gasteiger partial charge in [-0.25, -0.2) is 0 Å². The van der Waals surface area contributed by atoms with Crippen molar-refractivity contribution in [2.75, 3.05) is 18.5 Å². The van der Waals surface area contributed by atoms with E-state index in [0.29, 0.717) is 12.0 Å². The summed E-state index contributed by atoms with van der Waals surface area (Å²) in [5.41, 5.74) is 0.476. The van der Waals surface area contributed by atoms with Crippen molar-refractivity contribution in [2.45, 2.75) is 4.90 Å². The van der Waals surface area contributed by atoms with E-state index in [1.54, 1.807) is 13.1 Å². The largest absolute Gasteiger partial charge is 0.368 e. The summed E-state index contributed by atoms with van der Waals surface area (Å²) in [4.78, 5) is 11.5. The Balaban J connectivity index is 3.22. The van der Waals surface area contributed by atoms with Gasteiger partial charge in [0.25, 0.3) is 10.1 Å². The fourth-order valence-corrected chi connectivity index (χ4v) is 2.14. The minimum Gasteiger partial charge on any atom is -0.368 e. The van der Waals surface area contributed by atoms with Crippen LogP contribution in [0.25, 0.3) is 0 Å². The normalized spacial score (nSPS) is 11.2. The number of anilines is 1. The summed E-state index contributed by atoms with van der Waals surface area (Å²) in [5, 5.41) is -0.0641. The van der Waals surface area contributed by atoms with Crippen LogP contribution in [0.3, 0.4) is 0 Å². The third-order valence-electron chi connectivity index (χ3n) is 1.98. The zero-order chi connectivity index (χ0) is 12.3. The molecule has 88 valence electrons. The minimum absolute atomic E-state index is 0.0641. The smallest absolute Gasteiger partial charge is 0.296 e. The lowest BCUT2D eigenvalue weighted by Gasteiger charge is -2.16. The molecule has 5 nitrogen and oxygen atoms in total. The summed E-state index contributed by atoms with van der Waals surface area (Å²) in [6, 6.07) is 4.11. The first-order valence-electron chi connectivity index (χ1n) is 4.28. The molecule has 7 heteroatoms. The summed E-state index contributed by atoms with van der Waals surface area (Å²) in [6.07, 6.45) is 0.682. The second kappa shape index (κ2) is 4.82. The molecule has 0 saturated heterocycles. The first-order chi connectivity index (χ1) is 7.36. The molecule has 0 aliphatic carbocycles. The van der Waals surface area contributed by atoms with Crippen LogP contribution in [0, 0.1) is 0 Å². The Kier molecular flexibility index (Phi) is 3.90. The van der Waals surface area contributed by atoms with Gasteiger partial charge in [0.15, 0.2) is 0 Å². The van der Waals surface area contributed by atoms with Gasteiger partial charge < -0.3 is 9.69 Å². The van der Waals surface area contributed by atoms with Gasteiger partial charge in [0.05, 0.1) is 11.6 Å². The van der Waals surface area contributed by atoms with Crippen LogP contribution >= 0.6 is 11.6 Å². The third-order valence-corrected chi connectivity index (χ3v) is 3.32. The first kappa shape index (κ1) is 13.0. The lowest BCUT2D eigenvalue weighted by molar-refractivity contribution is -0.106. The molecule has 0 aliphatic rings. The molecule has 0 fully saturated rings. The topological polar surface area (TPSA) is 74.7 Å². The Morgan fingerprint density at radius 3 is 2.62 bits per heavy atom. The van der Waals surface area contributed by atoms with E-state index < -0.39 is 10.1 Å². The molecule has 0 unspecified atom stereocenters. The number of carbonyl (C=O) groups is 1. The maximum atomic E-state index is 11.0. The molecule has 0 heterocycles. The molecule has 1 aromatic rings. The molecule has 0 aromatic heterocycles. The molecular weight excluding hydrogens is 254 g/mol. The predicted molar refractivity (Wildman–Crippen MR) is 60.6 cm³/mol. The zero-order valence-electron chi connectivity index (χ0n) is 8.42. The van der Waals surface area contributed by atoms with E-state index in [9.17, 15) is 13.2 Å². The second-order valence-electron chi connectivity index (χ2n) is 3.14. The van der Waals surface area contributed by atoms with E-state index in [1.165, 1.54) is 17.0 Å². The van der Waals surface area contributed by atoms with Crippen molar-refractivity contribution in [3.8, 4) is 0 Å². The van der Waals surface area contributed by atoms with Crippen LogP contribution in [0.1, 0.15) is 0 Å². The Bertz CT molecular complexity index is 500. The van der Waals surface area contributed by atoms with E-state index in [-0.39, 0.29) is 16.5 Å². The van der Waals surface area contributed by atoms with E-state index in [0.717, 1.165) is 0 Å². The monoisotopic (exact) mass is 263 g/mol. The summed E-state index contributed by atoms with van der Waals surface area (Å²) >= 11 is 5.64. The number of carbonyl (C=O) groups excluding carboxylic acids is 1. The molecule has 0 spiro atoms. The highest BCUT2D eigenvalue weighted by atomic mass is 35.5. The summed E-state index contributed by atoms with van der Waals surface area (Å²) in [6.45, 7) is 0.118. The van der Waals surface area contributed by atoms with Crippen LogP contribution < -0.4 is 4.90 Å². The second-order valence-corrected chi connectivity index (χ2v) is 4.93. The fourth-order valence-electron chi connectivity index (χ4n) is 1.14. The van der Waals surface area contributed by atoms with E-state index in [1.807, 2.05) is 0 Å². The van der Waals surface area contributed by atoms with Gasteiger partial charge in [-0.1, -0.05) is 11.6 Å². The number of rotatable bonds is 4. The molecule has 0 radical (unpaired) electrons. The Morgan fingerprint density at radius 2 is 2.12 bits per heavy atom. The van der Waals surface area contributed by atoms with E-state index >= 15 is 0 Å². The van der Waals surface area contributed by atoms with Gasteiger partial charge >= 0.3 is 0 Å². The van der Waals surface area contributed by atoms with Crippen molar-refractivity contribution in [3.63, 3.8) is 0 Å². The predicted octanol–water partition coefficient (Wildman–Crippen LogP) is 1.22. The molecule has 1 N–H and O–H groups in total. The van der Waals surface area contributed by atoms with Crippen molar-refractivity contribution in [1.82, 2.24) is 0 Å². The highest BCUT2D eigenvalue weighted by molar-refractivity contribution is 7.86. The highest BCUT2D eigenvalue weighted by Crippen LogP contribution is 2.26. The standard InChI is InChI=1S/C9H10ClNO4S/c1-11(4-5-12)7-2-3-8(10)9(6-7)16(13,14)15/h2-3,5-6H,4H2,1H3,(H,13,14,15). The van der Waals surface area contributed by atoms with Crippen LogP contribution in [0.4, 0.5) is 5.69 Å². The molecule has 0 aliphatic heterocycles. The number of likely N-dealkylation sites (N-methyl/N-ethyl adjacent to an activating group) is 1. The van der Waals surface area contributed by atoms with Crippen molar-refractivity contribution in [3.05, 3.63) is 23.2 Å². The lowest BCUT2D eigenvalue weighted by Crippen LogP contribution is -2.19. The SMILES string of the molecule is CN(CC=O)c1ccc(Cl)c(S(=O)(=O)O)c1. The number of benzene rings is 1. The fraction of sp³-hybridized carbons (Fsp3) is 0.222. The summed E-state index contributed by atoms with van der Waals surface area (Å²) in [7, 11) is -2.73. The van der Waals surface area contributed by atoms with Crippen LogP contribution in [-0.2, 0) is 14.9 Å². The molecule has 0 atom stereocenters. The molecule has 0 amide bonds. The zero-order valence-corrected chi connectivity index (χ0v) is 9.99. The highest BCUT2D eigenvalue weighted by Gasteiger charge is 2.16. The van der Waals surface area contributed by atoms with Crippen molar-refractivity contribution >= 4 is 33.7 Å². The number of nitrogens with zero attached hydrogens (tertiary/aromatic N) is 1. The maximum Gasteiger partial charge on any atom is 0.296 e. The average Bonchev–Trinajstić information content (AvgIpc) is 2.16.